The van der Waals surface area contributed by atoms with E-state index in [2.05, 4.69) is 5.32 Å². The lowest BCUT2D eigenvalue weighted by Crippen LogP contribution is -2.33. The maximum absolute atomic E-state index is 11.7. The SMILES string of the molecule is [2H]c1c([2H])c([2H])c2c(c1[2H])NC(=O)C2(O)CC#N. The molecule has 0 aromatic heterocycles. The quantitative estimate of drug-likeness (QED) is 0.689. The molecule has 14 heavy (non-hydrogen) atoms. The van der Waals surface area contributed by atoms with Gasteiger partial charge in [-0.2, -0.15) is 5.26 Å². The highest BCUT2D eigenvalue weighted by atomic mass is 16.3. The number of hydrogen-bond donors (Lipinski definition) is 2. The zero-order valence-corrected chi connectivity index (χ0v) is 7.01. The van der Waals surface area contributed by atoms with Crippen LogP contribution in [0.4, 0.5) is 5.69 Å². The van der Waals surface area contributed by atoms with E-state index in [4.69, 9.17) is 10.7 Å². The van der Waals surface area contributed by atoms with E-state index in [0.717, 1.165) is 0 Å². The maximum atomic E-state index is 11.7. The number of nitriles is 1. The van der Waals surface area contributed by atoms with Gasteiger partial charge in [-0.1, -0.05) is 18.1 Å². The van der Waals surface area contributed by atoms with Crippen molar-refractivity contribution in [2.75, 3.05) is 5.32 Å². The van der Waals surface area contributed by atoms with E-state index < -0.39 is 42.1 Å². The number of carbonyl (C=O) groups is 1. The number of benzene rings is 1. The molecule has 0 bridgehead atoms. The number of fused-ring (bicyclic) bond motifs is 1. The van der Waals surface area contributed by atoms with E-state index in [1.165, 1.54) is 0 Å². The second-order valence-electron chi connectivity index (χ2n) is 2.90. The van der Waals surface area contributed by atoms with Crippen molar-refractivity contribution >= 4 is 11.6 Å². The predicted molar refractivity (Wildman–Crippen MR) is 49.2 cm³/mol. The molecule has 2 rings (SSSR count). The molecule has 1 aliphatic heterocycles. The first-order valence-corrected chi connectivity index (χ1v) is 3.86. The van der Waals surface area contributed by atoms with E-state index >= 15 is 0 Å². The highest BCUT2D eigenvalue weighted by Crippen LogP contribution is 2.37. The molecule has 0 spiro atoms. The number of amides is 1. The summed E-state index contributed by atoms with van der Waals surface area (Å²) in [6, 6.07) is -0.359. The van der Waals surface area contributed by atoms with Gasteiger partial charge in [-0.3, -0.25) is 4.79 Å². The Bertz CT molecular complexity index is 611. The van der Waals surface area contributed by atoms with Crippen LogP contribution >= 0.6 is 0 Å². The summed E-state index contributed by atoms with van der Waals surface area (Å²) in [6.45, 7) is 0. The van der Waals surface area contributed by atoms with Crippen molar-refractivity contribution in [3.8, 4) is 6.07 Å². The molecular formula is C10H8N2O2. The van der Waals surface area contributed by atoms with Gasteiger partial charge in [-0.05, 0) is 6.04 Å². The van der Waals surface area contributed by atoms with Gasteiger partial charge >= 0.3 is 0 Å². The molecule has 1 heterocycles. The molecule has 2 N–H and O–H groups in total. The van der Waals surface area contributed by atoms with Gasteiger partial charge in [0, 0.05) is 11.3 Å². The molecule has 1 aromatic carbocycles. The van der Waals surface area contributed by atoms with Crippen molar-refractivity contribution in [2.45, 2.75) is 12.0 Å². The van der Waals surface area contributed by atoms with Crippen molar-refractivity contribution in [1.29, 1.82) is 5.26 Å². The molecule has 4 heteroatoms. The van der Waals surface area contributed by atoms with Crippen LogP contribution in [0.3, 0.4) is 0 Å². The van der Waals surface area contributed by atoms with Crippen molar-refractivity contribution < 1.29 is 15.4 Å². The van der Waals surface area contributed by atoms with Crippen LogP contribution in [0.5, 0.6) is 0 Å². The smallest absolute Gasteiger partial charge is 0.262 e. The lowest BCUT2D eigenvalue weighted by molar-refractivity contribution is -0.133. The lowest BCUT2D eigenvalue weighted by Gasteiger charge is -2.16. The second-order valence-corrected chi connectivity index (χ2v) is 2.90. The summed E-state index contributed by atoms with van der Waals surface area (Å²) in [5.41, 5.74) is -2.65. The lowest BCUT2D eigenvalue weighted by atomic mass is 9.93. The number of carbonyl (C=O) groups excluding carboxylic acids is 1. The summed E-state index contributed by atoms with van der Waals surface area (Å²) < 4.78 is 30.3. The van der Waals surface area contributed by atoms with Crippen molar-refractivity contribution in [3.63, 3.8) is 0 Å². The molecule has 1 amide bonds. The number of nitrogens with zero attached hydrogens (tertiary/aromatic N) is 1. The number of anilines is 1. The Balaban J connectivity index is 2.82. The second kappa shape index (κ2) is 2.82. The average Bonchev–Trinajstić information content (AvgIpc) is 2.58. The first kappa shape index (κ1) is 5.13. The summed E-state index contributed by atoms with van der Waals surface area (Å²) in [5, 5.41) is 21.0. The van der Waals surface area contributed by atoms with E-state index in [1.807, 2.05) is 0 Å². The predicted octanol–water partition coefficient (Wildman–Crippen LogP) is 0.740. The molecule has 4 nitrogen and oxygen atoms in total. The summed E-state index contributed by atoms with van der Waals surface area (Å²) in [7, 11) is 0. The molecule has 1 aromatic rings. The molecule has 70 valence electrons. The van der Waals surface area contributed by atoms with Crippen LogP contribution in [0.2, 0.25) is 0 Å². The van der Waals surface area contributed by atoms with Gasteiger partial charge in [0.2, 0.25) is 0 Å². The fourth-order valence-electron chi connectivity index (χ4n) is 1.33. The molecule has 0 fully saturated rings. The largest absolute Gasteiger partial charge is 0.374 e. The van der Waals surface area contributed by atoms with Gasteiger partial charge in [0.1, 0.15) is 0 Å². The normalized spacial score (nSPS) is 27.9. The maximum Gasteiger partial charge on any atom is 0.262 e. The fraction of sp³-hybridized carbons (Fsp3) is 0.200. The van der Waals surface area contributed by atoms with Crippen LogP contribution in [-0.4, -0.2) is 11.0 Å². The van der Waals surface area contributed by atoms with Crippen LogP contribution in [-0.2, 0) is 10.4 Å². The first-order valence-electron chi connectivity index (χ1n) is 5.86. The topological polar surface area (TPSA) is 73.1 Å². The van der Waals surface area contributed by atoms with Gasteiger partial charge in [0.25, 0.3) is 5.91 Å². The van der Waals surface area contributed by atoms with Crippen LogP contribution < -0.4 is 5.32 Å². The van der Waals surface area contributed by atoms with E-state index in [9.17, 15) is 9.90 Å². The van der Waals surface area contributed by atoms with Crippen LogP contribution in [0.25, 0.3) is 0 Å². The Labute approximate surface area is 86.4 Å². The zero-order valence-electron chi connectivity index (χ0n) is 11.0. The molecule has 1 unspecified atom stereocenters. The highest BCUT2D eigenvalue weighted by molar-refractivity contribution is 6.05. The molecule has 1 atom stereocenters. The van der Waals surface area contributed by atoms with Crippen molar-refractivity contribution in [3.05, 3.63) is 29.7 Å². The molecule has 0 radical (unpaired) electrons. The summed E-state index contributed by atoms with van der Waals surface area (Å²) in [6.07, 6.45) is -0.575. The Morgan fingerprint density at radius 3 is 3.07 bits per heavy atom. The Morgan fingerprint density at radius 2 is 2.36 bits per heavy atom. The minimum Gasteiger partial charge on any atom is -0.374 e. The monoisotopic (exact) mass is 192 g/mol. The van der Waals surface area contributed by atoms with Gasteiger partial charge in [-0.25, -0.2) is 0 Å². The molecule has 0 saturated carbocycles. The van der Waals surface area contributed by atoms with Crippen molar-refractivity contribution in [2.24, 2.45) is 0 Å². The third-order valence-electron chi connectivity index (χ3n) is 2.05. The van der Waals surface area contributed by atoms with Crippen molar-refractivity contribution in [1.82, 2.24) is 0 Å². The molecule has 1 aliphatic rings. The van der Waals surface area contributed by atoms with Crippen LogP contribution in [0.1, 0.15) is 17.5 Å². The number of rotatable bonds is 1. The van der Waals surface area contributed by atoms with Crippen LogP contribution in [0.15, 0.2) is 24.2 Å². The number of nitrogens with one attached hydrogen (secondary N) is 1. The summed E-state index contributed by atoms with van der Waals surface area (Å²) >= 11 is 0. The van der Waals surface area contributed by atoms with Gasteiger partial charge in [0.05, 0.1) is 18.0 Å². The van der Waals surface area contributed by atoms with Gasteiger partial charge in [-0.15, -0.1) is 0 Å². The summed E-state index contributed by atoms with van der Waals surface area (Å²) in [5.74, 6) is -0.911. The minimum absolute atomic E-state index is 0.163. The number of para-hydroxylation sites is 1. The third kappa shape index (κ3) is 0.998. The van der Waals surface area contributed by atoms with E-state index in [-0.39, 0.29) is 11.3 Å². The summed E-state index contributed by atoms with van der Waals surface area (Å²) in [4.78, 5) is 11.7. The molecule has 0 aliphatic carbocycles. The Kier molecular flexibility index (Phi) is 1.03. The molecular weight excluding hydrogens is 180 g/mol. The fourth-order valence-corrected chi connectivity index (χ4v) is 1.33. The highest BCUT2D eigenvalue weighted by Gasteiger charge is 2.44. The minimum atomic E-state index is -2.22. The zero-order chi connectivity index (χ0) is 13.7. The Morgan fingerprint density at radius 1 is 1.64 bits per heavy atom. The third-order valence-corrected chi connectivity index (χ3v) is 2.05. The Hall–Kier alpha value is -1.86. The molecule has 0 saturated heterocycles. The van der Waals surface area contributed by atoms with E-state index in [1.54, 1.807) is 6.07 Å². The first-order chi connectivity index (χ1) is 8.34. The average molecular weight is 192 g/mol. The standard InChI is InChI=1S/C10H8N2O2/c11-6-5-10(14)7-3-1-2-4-8(7)12-9(10)13/h1-4,14H,5H2,(H,12,13)/i1D,2D,3D,4D. The number of hydrogen-bond acceptors (Lipinski definition) is 3. The van der Waals surface area contributed by atoms with Gasteiger partial charge < -0.3 is 10.4 Å². The van der Waals surface area contributed by atoms with E-state index in [0.29, 0.717) is 0 Å². The van der Waals surface area contributed by atoms with Crippen LogP contribution in [0, 0.1) is 11.3 Å². The van der Waals surface area contributed by atoms with Gasteiger partial charge in [0.15, 0.2) is 5.60 Å². The number of aliphatic hydroxyl groups is 1.